The van der Waals surface area contributed by atoms with Gasteiger partial charge in [-0.1, -0.05) is 18.2 Å². The molecule has 20 heavy (non-hydrogen) atoms. The van der Waals surface area contributed by atoms with Crippen LogP contribution in [0.5, 0.6) is 5.75 Å². The van der Waals surface area contributed by atoms with E-state index in [1.807, 2.05) is 30.3 Å². The molecule has 0 aliphatic heterocycles. The molecule has 0 aliphatic carbocycles. The lowest BCUT2D eigenvalue weighted by atomic mass is 10.3. The summed E-state index contributed by atoms with van der Waals surface area (Å²) >= 11 is 7.48. The van der Waals surface area contributed by atoms with Crippen molar-refractivity contribution in [3.05, 3.63) is 30.3 Å². The van der Waals surface area contributed by atoms with E-state index < -0.39 is 9.05 Å². The predicted molar refractivity (Wildman–Crippen MR) is 87.7 cm³/mol. The first-order valence-electron chi connectivity index (χ1n) is 5.60. The van der Waals surface area contributed by atoms with Gasteiger partial charge in [0.1, 0.15) is 11.6 Å². The van der Waals surface area contributed by atoms with E-state index in [0.717, 1.165) is 12.2 Å². The van der Waals surface area contributed by atoms with Gasteiger partial charge in [-0.2, -0.15) is 16.8 Å². The summed E-state index contributed by atoms with van der Waals surface area (Å²) in [5, 5.41) is 0. The van der Waals surface area contributed by atoms with Gasteiger partial charge < -0.3 is 10.5 Å². The fourth-order valence-corrected chi connectivity index (χ4v) is 1.14. The molecular weight excluding hydrogens is 320 g/mol. The SMILES string of the molecule is NC(CS)=NCCCOc1ccccc1.O=S(O)(O)=S. The number of rotatable bonds is 6. The molecule has 0 aromatic heterocycles. The highest BCUT2D eigenvalue weighted by molar-refractivity contribution is 8.26. The first-order chi connectivity index (χ1) is 9.33. The molecule has 0 heterocycles. The number of hydrogen-bond donors (Lipinski definition) is 4. The molecule has 0 atom stereocenters. The van der Waals surface area contributed by atoms with Crippen LogP contribution in [0.1, 0.15) is 6.42 Å². The van der Waals surface area contributed by atoms with Crippen LogP contribution >= 0.6 is 12.6 Å². The van der Waals surface area contributed by atoms with Gasteiger partial charge in [-0.15, -0.1) is 0 Å². The minimum Gasteiger partial charge on any atom is -0.494 e. The number of para-hydroxylation sites is 1. The van der Waals surface area contributed by atoms with Crippen LogP contribution in [0.3, 0.4) is 0 Å². The lowest BCUT2D eigenvalue weighted by molar-refractivity contribution is 0.313. The van der Waals surface area contributed by atoms with Crippen molar-refractivity contribution in [3.8, 4) is 5.75 Å². The standard InChI is InChI=1S/C11H16N2OS.H2O3S2/c12-11(9-15)13-7-4-8-14-10-5-2-1-3-6-10;1-5(2,3)4/h1-3,5-6,15H,4,7-9H2,(H2,12,13);(H2,1,2,3,4). The van der Waals surface area contributed by atoms with Crippen LogP contribution in [0.25, 0.3) is 0 Å². The van der Waals surface area contributed by atoms with Crippen molar-refractivity contribution < 1.29 is 18.1 Å². The Morgan fingerprint density at radius 2 is 1.95 bits per heavy atom. The van der Waals surface area contributed by atoms with Crippen molar-refractivity contribution in [1.29, 1.82) is 0 Å². The number of thiol groups is 1. The topological polar surface area (TPSA) is 105 Å². The maximum atomic E-state index is 9.11. The monoisotopic (exact) mass is 338 g/mol. The Morgan fingerprint density at radius 3 is 2.45 bits per heavy atom. The molecule has 0 bridgehead atoms. The van der Waals surface area contributed by atoms with Gasteiger partial charge in [0.25, 0.3) is 9.05 Å². The summed E-state index contributed by atoms with van der Waals surface area (Å²) in [4.78, 5) is 4.11. The number of benzene rings is 1. The summed E-state index contributed by atoms with van der Waals surface area (Å²) in [6.07, 6.45) is 0.864. The Hall–Kier alpha value is -0.870. The molecule has 0 amide bonds. The average Bonchev–Trinajstić information content (AvgIpc) is 2.37. The lowest BCUT2D eigenvalue weighted by Crippen LogP contribution is -2.14. The fourth-order valence-electron chi connectivity index (χ4n) is 1.04. The van der Waals surface area contributed by atoms with E-state index in [1.165, 1.54) is 0 Å². The number of hydrogen-bond acceptors (Lipinski definition) is 5. The van der Waals surface area contributed by atoms with Crippen LogP contribution in [0.2, 0.25) is 0 Å². The molecule has 6 nitrogen and oxygen atoms in total. The number of ether oxygens (including phenoxy) is 1. The number of aliphatic imine (C=N–C) groups is 1. The molecule has 114 valence electrons. The van der Waals surface area contributed by atoms with Crippen LogP contribution in [-0.2, 0) is 20.2 Å². The zero-order valence-corrected chi connectivity index (χ0v) is 13.2. The van der Waals surface area contributed by atoms with Crippen molar-refractivity contribution in [1.82, 2.24) is 0 Å². The van der Waals surface area contributed by atoms with E-state index in [-0.39, 0.29) is 0 Å². The molecular formula is C11H18N2O4S3. The van der Waals surface area contributed by atoms with Crippen LogP contribution < -0.4 is 10.5 Å². The molecule has 1 aromatic rings. The summed E-state index contributed by atoms with van der Waals surface area (Å²) in [5.41, 5.74) is 5.50. The molecule has 0 unspecified atom stereocenters. The van der Waals surface area contributed by atoms with E-state index in [0.29, 0.717) is 24.7 Å². The second-order valence-corrected chi connectivity index (χ2v) is 6.01. The van der Waals surface area contributed by atoms with Gasteiger partial charge in [-0.05, 0) is 12.1 Å². The summed E-state index contributed by atoms with van der Waals surface area (Å²) in [6.45, 7) is 1.35. The Kier molecular flexibility index (Phi) is 10.4. The third kappa shape index (κ3) is 15.2. The molecule has 1 aromatic carbocycles. The molecule has 0 radical (unpaired) electrons. The predicted octanol–water partition coefficient (Wildman–Crippen LogP) is 1.42. The second-order valence-electron chi connectivity index (χ2n) is 3.49. The van der Waals surface area contributed by atoms with E-state index in [9.17, 15) is 0 Å². The Balaban J connectivity index is 0.000000621. The van der Waals surface area contributed by atoms with Gasteiger partial charge in [-0.3, -0.25) is 14.1 Å². The maximum Gasteiger partial charge on any atom is 0.263 e. The van der Waals surface area contributed by atoms with Crippen LogP contribution in [0, 0.1) is 0 Å². The Labute approximate surface area is 129 Å². The highest BCUT2D eigenvalue weighted by Gasteiger charge is 1.91. The molecule has 0 spiro atoms. The van der Waals surface area contributed by atoms with Crippen LogP contribution in [-0.4, -0.2) is 38.1 Å². The third-order valence-corrected chi connectivity index (χ3v) is 2.12. The zero-order chi connectivity index (χ0) is 15.4. The van der Waals surface area contributed by atoms with Gasteiger partial charge >= 0.3 is 0 Å². The first kappa shape index (κ1) is 19.1. The van der Waals surface area contributed by atoms with Crippen LogP contribution in [0.15, 0.2) is 35.3 Å². The summed E-state index contributed by atoms with van der Waals surface area (Å²) < 4.78 is 29.4. The molecule has 1 rings (SSSR count). The molecule has 0 saturated heterocycles. The smallest absolute Gasteiger partial charge is 0.263 e. The highest BCUT2D eigenvalue weighted by atomic mass is 32.9. The van der Waals surface area contributed by atoms with Crippen molar-refractivity contribution in [3.63, 3.8) is 0 Å². The Morgan fingerprint density at radius 1 is 1.40 bits per heavy atom. The quantitative estimate of drug-likeness (QED) is 0.271. The van der Waals surface area contributed by atoms with E-state index >= 15 is 0 Å². The van der Waals surface area contributed by atoms with Crippen molar-refractivity contribution in [2.24, 2.45) is 10.7 Å². The fraction of sp³-hybridized carbons (Fsp3) is 0.364. The van der Waals surface area contributed by atoms with Gasteiger partial charge in [0, 0.05) is 29.9 Å². The van der Waals surface area contributed by atoms with Gasteiger partial charge in [0.2, 0.25) is 0 Å². The minimum atomic E-state index is -3.83. The van der Waals surface area contributed by atoms with Crippen molar-refractivity contribution in [2.75, 3.05) is 18.9 Å². The van der Waals surface area contributed by atoms with E-state index in [1.54, 1.807) is 0 Å². The normalized spacial score (nSPS) is 11.4. The van der Waals surface area contributed by atoms with Gasteiger partial charge in [0.05, 0.1) is 6.61 Å². The van der Waals surface area contributed by atoms with Gasteiger partial charge in [-0.25, -0.2) is 0 Å². The maximum absolute atomic E-state index is 9.11. The highest BCUT2D eigenvalue weighted by Crippen LogP contribution is 2.08. The number of amidine groups is 1. The molecule has 0 saturated carbocycles. The van der Waals surface area contributed by atoms with E-state index in [4.69, 9.17) is 23.8 Å². The lowest BCUT2D eigenvalue weighted by Gasteiger charge is -2.04. The summed E-state index contributed by atoms with van der Waals surface area (Å²) in [5.74, 6) is 1.99. The molecule has 4 N–H and O–H groups in total. The number of nitrogens with two attached hydrogens (primary N) is 1. The summed E-state index contributed by atoms with van der Waals surface area (Å²) in [6, 6.07) is 9.74. The first-order valence-corrected chi connectivity index (χ1v) is 8.63. The van der Waals surface area contributed by atoms with Crippen LogP contribution in [0.4, 0.5) is 0 Å². The van der Waals surface area contributed by atoms with E-state index in [2.05, 4.69) is 28.8 Å². The zero-order valence-electron chi connectivity index (χ0n) is 10.7. The largest absolute Gasteiger partial charge is 0.494 e. The van der Waals surface area contributed by atoms with Crippen molar-refractivity contribution >= 4 is 38.7 Å². The van der Waals surface area contributed by atoms with Crippen molar-refractivity contribution in [2.45, 2.75) is 6.42 Å². The Bertz CT molecular complexity index is 484. The minimum absolute atomic E-state index is 0.513. The summed E-state index contributed by atoms with van der Waals surface area (Å²) in [7, 11) is -3.83. The third-order valence-electron chi connectivity index (χ3n) is 1.79. The molecule has 0 fully saturated rings. The van der Waals surface area contributed by atoms with Gasteiger partial charge in [0.15, 0.2) is 0 Å². The second kappa shape index (κ2) is 10.9. The average molecular weight is 338 g/mol. The molecule has 9 heteroatoms. The number of nitrogens with zero attached hydrogens (tertiary/aromatic N) is 1. The molecule has 0 aliphatic rings.